The highest BCUT2D eigenvalue weighted by Crippen LogP contribution is 2.06. The molecule has 0 fully saturated rings. The monoisotopic (exact) mass is 266 g/mol. The molecule has 0 aromatic carbocycles. The third kappa shape index (κ3) is 5.65. The molecule has 6 nitrogen and oxygen atoms in total. The summed E-state index contributed by atoms with van der Waals surface area (Å²) in [6, 6.07) is 3.77. The van der Waals surface area contributed by atoms with Crippen LogP contribution in [0.15, 0.2) is 12.1 Å². The van der Waals surface area contributed by atoms with E-state index in [0.717, 1.165) is 13.0 Å². The number of rotatable bonds is 7. The van der Waals surface area contributed by atoms with Crippen molar-refractivity contribution in [1.82, 2.24) is 20.4 Å². The van der Waals surface area contributed by atoms with Gasteiger partial charge in [0.15, 0.2) is 5.69 Å². The number of amides is 1. The molecule has 1 heterocycles. The lowest BCUT2D eigenvalue weighted by atomic mass is 10.3. The van der Waals surface area contributed by atoms with Crippen molar-refractivity contribution in [2.24, 2.45) is 0 Å². The van der Waals surface area contributed by atoms with Gasteiger partial charge in [-0.25, -0.2) is 0 Å². The minimum atomic E-state index is -0.166. The maximum Gasteiger partial charge on any atom is 0.273 e. The third-order valence-corrected chi connectivity index (χ3v) is 2.39. The van der Waals surface area contributed by atoms with Gasteiger partial charge >= 0.3 is 0 Å². The highest BCUT2D eigenvalue weighted by atomic mass is 16.5. The molecule has 0 saturated heterocycles. The van der Waals surface area contributed by atoms with Crippen LogP contribution in [-0.2, 0) is 0 Å². The smallest absolute Gasteiger partial charge is 0.273 e. The molecule has 0 atom stereocenters. The Morgan fingerprint density at radius 1 is 1.37 bits per heavy atom. The Morgan fingerprint density at radius 2 is 2.11 bits per heavy atom. The fourth-order valence-corrected chi connectivity index (χ4v) is 1.38. The Kier molecular flexibility index (Phi) is 6.21. The second-order valence-electron chi connectivity index (χ2n) is 4.77. The summed E-state index contributed by atoms with van der Waals surface area (Å²) >= 11 is 0. The molecule has 0 aliphatic rings. The first kappa shape index (κ1) is 15.4. The van der Waals surface area contributed by atoms with Crippen LogP contribution in [0.3, 0.4) is 0 Å². The molecule has 106 valence electrons. The van der Waals surface area contributed by atoms with Crippen LogP contribution in [0.1, 0.15) is 30.8 Å². The third-order valence-electron chi connectivity index (χ3n) is 2.39. The summed E-state index contributed by atoms with van der Waals surface area (Å²) in [5.74, 6) is 0.278. The SMILES string of the molecule is CC(C)NCCCOc1ccc(C(=O)N(C)C)nn1. The lowest BCUT2D eigenvalue weighted by molar-refractivity contribution is 0.0820. The van der Waals surface area contributed by atoms with Crippen LogP contribution < -0.4 is 10.1 Å². The molecular formula is C13H22N4O2. The summed E-state index contributed by atoms with van der Waals surface area (Å²) in [5, 5.41) is 11.0. The largest absolute Gasteiger partial charge is 0.477 e. The first-order chi connectivity index (χ1) is 9.00. The molecule has 1 aromatic rings. The fraction of sp³-hybridized carbons (Fsp3) is 0.615. The molecule has 1 rings (SSSR count). The molecular weight excluding hydrogens is 244 g/mol. The van der Waals surface area contributed by atoms with Gasteiger partial charge in [0.1, 0.15) is 0 Å². The first-order valence-corrected chi connectivity index (χ1v) is 6.42. The van der Waals surface area contributed by atoms with Gasteiger partial charge in [0.05, 0.1) is 6.61 Å². The molecule has 0 aliphatic heterocycles. The van der Waals surface area contributed by atoms with Gasteiger partial charge in [-0.1, -0.05) is 13.8 Å². The van der Waals surface area contributed by atoms with Crippen LogP contribution in [0.4, 0.5) is 0 Å². The first-order valence-electron chi connectivity index (χ1n) is 6.42. The van der Waals surface area contributed by atoms with Gasteiger partial charge in [0, 0.05) is 26.2 Å². The van der Waals surface area contributed by atoms with E-state index in [1.807, 2.05) is 0 Å². The molecule has 6 heteroatoms. The lowest BCUT2D eigenvalue weighted by Gasteiger charge is -2.10. The van der Waals surface area contributed by atoms with Crippen LogP contribution in [-0.4, -0.2) is 54.3 Å². The van der Waals surface area contributed by atoms with Crippen molar-refractivity contribution in [2.45, 2.75) is 26.3 Å². The van der Waals surface area contributed by atoms with Crippen LogP contribution in [0.25, 0.3) is 0 Å². The zero-order valence-corrected chi connectivity index (χ0v) is 12.0. The molecule has 0 bridgehead atoms. The maximum absolute atomic E-state index is 11.6. The van der Waals surface area contributed by atoms with E-state index in [2.05, 4.69) is 29.4 Å². The van der Waals surface area contributed by atoms with Crippen LogP contribution >= 0.6 is 0 Å². The molecule has 0 spiro atoms. The van der Waals surface area contributed by atoms with Gasteiger partial charge in [0.2, 0.25) is 5.88 Å². The van der Waals surface area contributed by atoms with Crippen molar-refractivity contribution in [3.8, 4) is 5.88 Å². The normalized spacial score (nSPS) is 10.6. The maximum atomic E-state index is 11.6. The summed E-state index contributed by atoms with van der Waals surface area (Å²) < 4.78 is 5.44. The number of hydrogen-bond acceptors (Lipinski definition) is 5. The highest BCUT2D eigenvalue weighted by Gasteiger charge is 2.10. The Balaban J connectivity index is 2.34. The highest BCUT2D eigenvalue weighted by molar-refractivity contribution is 5.91. The van der Waals surface area contributed by atoms with Crippen molar-refractivity contribution in [1.29, 1.82) is 0 Å². The topological polar surface area (TPSA) is 67.3 Å². The summed E-state index contributed by atoms with van der Waals surface area (Å²) in [4.78, 5) is 13.1. The van der Waals surface area contributed by atoms with E-state index < -0.39 is 0 Å². The Morgan fingerprint density at radius 3 is 2.63 bits per heavy atom. The average molecular weight is 266 g/mol. The Bertz CT molecular complexity index is 390. The fourth-order valence-electron chi connectivity index (χ4n) is 1.38. The van der Waals surface area contributed by atoms with Gasteiger partial charge in [-0.2, -0.15) is 0 Å². The summed E-state index contributed by atoms with van der Waals surface area (Å²) in [6.07, 6.45) is 0.901. The van der Waals surface area contributed by atoms with Crippen molar-refractivity contribution >= 4 is 5.91 Å². The second-order valence-corrected chi connectivity index (χ2v) is 4.77. The number of nitrogens with one attached hydrogen (secondary N) is 1. The molecule has 1 amide bonds. The molecule has 0 unspecified atom stereocenters. The van der Waals surface area contributed by atoms with E-state index in [-0.39, 0.29) is 5.91 Å². The summed E-state index contributed by atoms with van der Waals surface area (Å²) in [7, 11) is 3.35. The van der Waals surface area contributed by atoms with Gasteiger partial charge in [0.25, 0.3) is 5.91 Å². The Labute approximate surface area is 114 Å². The van der Waals surface area contributed by atoms with Gasteiger partial charge in [-0.3, -0.25) is 4.79 Å². The number of carbonyl (C=O) groups is 1. The Hall–Kier alpha value is -1.69. The average Bonchev–Trinajstić information content (AvgIpc) is 2.37. The van der Waals surface area contributed by atoms with Crippen molar-refractivity contribution in [3.63, 3.8) is 0 Å². The summed E-state index contributed by atoms with van der Waals surface area (Å²) in [5.41, 5.74) is 0.318. The standard InChI is InChI=1S/C13H22N4O2/c1-10(2)14-8-5-9-19-12-7-6-11(15-16-12)13(18)17(3)4/h6-7,10,14H,5,8-9H2,1-4H3. The van der Waals surface area contributed by atoms with E-state index >= 15 is 0 Å². The number of nitrogens with zero attached hydrogens (tertiary/aromatic N) is 3. The predicted octanol–water partition coefficient (Wildman–Crippen LogP) is 0.945. The van der Waals surface area contributed by atoms with E-state index in [0.29, 0.717) is 24.2 Å². The zero-order chi connectivity index (χ0) is 14.3. The lowest BCUT2D eigenvalue weighted by Crippen LogP contribution is -2.25. The molecule has 0 radical (unpaired) electrons. The van der Waals surface area contributed by atoms with E-state index in [9.17, 15) is 4.79 Å². The second kappa shape index (κ2) is 7.68. The number of carbonyl (C=O) groups excluding carboxylic acids is 1. The van der Waals surface area contributed by atoms with E-state index in [1.54, 1.807) is 26.2 Å². The van der Waals surface area contributed by atoms with Gasteiger partial charge in [-0.15, -0.1) is 10.2 Å². The van der Waals surface area contributed by atoms with E-state index in [4.69, 9.17) is 4.74 Å². The van der Waals surface area contributed by atoms with Crippen molar-refractivity contribution in [3.05, 3.63) is 17.8 Å². The number of hydrogen-bond donors (Lipinski definition) is 1. The molecule has 19 heavy (non-hydrogen) atoms. The summed E-state index contributed by atoms with van der Waals surface area (Å²) in [6.45, 7) is 5.69. The zero-order valence-electron chi connectivity index (χ0n) is 12.0. The predicted molar refractivity (Wildman–Crippen MR) is 73.3 cm³/mol. The van der Waals surface area contributed by atoms with Crippen molar-refractivity contribution in [2.75, 3.05) is 27.2 Å². The molecule has 0 saturated carbocycles. The van der Waals surface area contributed by atoms with Crippen LogP contribution in [0, 0.1) is 0 Å². The van der Waals surface area contributed by atoms with Crippen LogP contribution in [0.5, 0.6) is 5.88 Å². The van der Waals surface area contributed by atoms with Crippen LogP contribution in [0.2, 0.25) is 0 Å². The minimum absolute atomic E-state index is 0.166. The molecule has 1 N–H and O–H groups in total. The minimum Gasteiger partial charge on any atom is -0.477 e. The molecule has 0 aliphatic carbocycles. The van der Waals surface area contributed by atoms with Gasteiger partial charge < -0.3 is 15.0 Å². The van der Waals surface area contributed by atoms with Gasteiger partial charge in [-0.05, 0) is 19.0 Å². The quantitative estimate of drug-likeness (QED) is 0.744. The molecule has 1 aromatic heterocycles. The number of aromatic nitrogens is 2. The van der Waals surface area contributed by atoms with E-state index in [1.165, 1.54) is 4.90 Å². The van der Waals surface area contributed by atoms with Crippen molar-refractivity contribution < 1.29 is 9.53 Å². The number of ether oxygens (including phenoxy) is 1.